The van der Waals surface area contributed by atoms with Crippen LogP contribution in [0, 0.1) is 5.92 Å². The third-order valence-corrected chi connectivity index (χ3v) is 3.31. The maximum absolute atomic E-state index is 5.11. The quantitative estimate of drug-likeness (QED) is 0.745. The highest BCUT2D eigenvalue weighted by Gasteiger charge is 2.10. The van der Waals surface area contributed by atoms with E-state index >= 15 is 0 Å². The molecule has 0 amide bonds. The highest BCUT2D eigenvalue weighted by atomic mass is 16.5. The summed E-state index contributed by atoms with van der Waals surface area (Å²) in [4.78, 5) is 0. The molecule has 2 heteroatoms. The molecule has 0 spiro atoms. The van der Waals surface area contributed by atoms with Crippen LogP contribution in [-0.4, -0.2) is 20.8 Å². The first kappa shape index (κ1) is 14.2. The van der Waals surface area contributed by atoms with Gasteiger partial charge >= 0.3 is 0 Å². The van der Waals surface area contributed by atoms with E-state index in [1.54, 1.807) is 7.11 Å². The average Bonchev–Trinajstić information content (AvgIpc) is 2.38. The molecule has 2 nitrogen and oxygen atoms in total. The molecule has 0 aliphatic carbocycles. The summed E-state index contributed by atoms with van der Waals surface area (Å²) in [5.41, 5.74) is 1.38. The van der Waals surface area contributed by atoms with Crippen molar-refractivity contribution in [2.45, 2.75) is 32.2 Å². The third-order valence-electron chi connectivity index (χ3n) is 3.31. The number of hydrogen-bond donors (Lipinski definition) is 1. The molecule has 2 atom stereocenters. The first-order valence-electron chi connectivity index (χ1n) is 6.49. The number of methoxy groups -OCH3 is 1. The van der Waals surface area contributed by atoms with Gasteiger partial charge in [-0.1, -0.05) is 37.3 Å². The lowest BCUT2D eigenvalue weighted by molar-refractivity contribution is 0.177. The van der Waals surface area contributed by atoms with Crippen molar-refractivity contribution in [2.75, 3.05) is 20.8 Å². The van der Waals surface area contributed by atoms with E-state index in [1.807, 2.05) is 7.05 Å². The van der Waals surface area contributed by atoms with E-state index in [1.165, 1.54) is 18.4 Å². The molecule has 0 fully saturated rings. The van der Waals surface area contributed by atoms with Gasteiger partial charge in [-0.05, 0) is 37.8 Å². The molecule has 0 aromatic heterocycles. The van der Waals surface area contributed by atoms with E-state index in [0.29, 0.717) is 6.04 Å². The van der Waals surface area contributed by atoms with Crippen molar-refractivity contribution in [1.29, 1.82) is 0 Å². The maximum Gasteiger partial charge on any atom is 0.0464 e. The minimum Gasteiger partial charge on any atom is -0.385 e. The molecule has 0 saturated heterocycles. The fraction of sp³-hybridized carbons (Fsp3) is 0.600. The van der Waals surface area contributed by atoms with Crippen molar-refractivity contribution in [1.82, 2.24) is 5.32 Å². The molecule has 0 radical (unpaired) electrons. The molecule has 0 aliphatic heterocycles. The first-order valence-corrected chi connectivity index (χ1v) is 6.49. The first-order chi connectivity index (χ1) is 8.27. The van der Waals surface area contributed by atoms with Crippen LogP contribution in [0.15, 0.2) is 30.3 Å². The van der Waals surface area contributed by atoms with Gasteiger partial charge in [0.2, 0.25) is 0 Å². The zero-order valence-electron chi connectivity index (χ0n) is 11.3. The molecule has 0 bridgehead atoms. The summed E-state index contributed by atoms with van der Waals surface area (Å²) in [5, 5.41) is 3.40. The highest BCUT2D eigenvalue weighted by Crippen LogP contribution is 2.21. The largest absolute Gasteiger partial charge is 0.385 e. The predicted molar refractivity (Wildman–Crippen MR) is 73.1 cm³/mol. The van der Waals surface area contributed by atoms with Crippen molar-refractivity contribution in [2.24, 2.45) is 5.92 Å². The Morgan fingerprint density at radius 1 is 1.12 bits per heavy atom. The smallest absolute Gasteiger partial charge is 0.0464 e. The van der Waals surface area contributed by atoms with E-state index in [2.05, 4.69) is 42.6 Å². The molecule has 17 heavy (non-hydrogen) atoms. The number of benzene rings is 1. The number of hydrogen-bond acceptors (Lipinski definition) is 2. The zero-order chi connectivity index (χ0) is 12.5. The van der Waals surface area contributed by atoms with Gasteiger partial charge in [-0.25, -0.2) is 0 Å². The molecular formula is C15H25NO. The summed E-state index contributed by atoms with van der Waals surface area (Å²) in [6.45, 7) is 3.17. The number of nitrogens with one attached hydrogen (secondary N) is 1. The summed E-state index contributed by atoms with van der Waals surface area (Å²) in [6, 6.07) is 11.1. The summed E-state index contributed by atoms with van der Waals surface area (Å²) >= 11 is 0. The Bertz CT molecular complexity index is 286. The Morgan fingerprint density at radius 2 is 1.82 bits per heavy atom. The van der Waals surface area contributed by atoms with E-state index in [4.69, 9.17) is 4.74 Å². The maximum atomic E-state index is 5.11. The predicted octanol–water partition coefficient (Wildman–Crippen LogP) is 3.40. The van der Waals surface area contributed by atoms with Crippen LogP contribution in [0.5, 0.6) is 0 Å². The number of ether oxygens (including phenoxy) is 1. The molecule has 1 rings (SSSR count). The van der Waals surface area contributed by atoms with Crippen LogP contribution in [0.1, 0.15) is 37.8 Å². The lowest BCUT2D eigenvalue weighted by atomic mass is 9.95. The van der Waals surface area contributed by atoms with Gasteiger partial charge in [-0.15, -0.1) is 0 Å². The normalized spacial score (nSPS) is 14.5. The summed E-state index contributed by atoms with van der Waals surface area (Å²) in [6.07, 6.45) is 3.58. The molecule has 1 aromatic carbocycles. The topological polar surface area (TPSA) is 21.3 Å². The molecule has 1 N–H and O–H groups in total. The lowest BCUT2D eigenvalue weighted by Gasteiger charge is -2.19. The van der Waals surface area contributed by atoms with Crippen LogP contribution < -0.4 is 5.32 Å². The van der Waals surface area contributed by atoms with Gasteiger partial charge in [0.25, 0.3) is 0 Å². The van der Waals surface area contributed by atoms with Gasteiger partial charge in [-0.3, -0.25) is 0 Å². The lowest BCUT2D eigenvalue weighted by Crippen LogP contribution is -2.17. The molecule has 96 valence electrons. The Labute approximate surface area is 105 Å². The van der Waals surface area contributed by atoms with E-state index in [9.17, 15) is 0 Å². The summed E-state index contributed by atoms with van der Waals surface area (Å²) < 4.78 is 5.11. The van der Waals surface area contributed by atoms with Crippen LogP contribution in [0.4, 0.5) is 0 Å². The van der Waals surface area contributed by atoms with Crippen LogP contribution in [0.2, 0.25) is 0 Å². The number of rotatable bonds is 8. The Kier molecular flexibility index (Phi) is 6.90. The van der Waals surface area contributed by atoms with Crippen molar-refractivity contribution in [3.05, 3.63) is 35.9 Å². The average molecular weight is 235 g/mol. The molecular weight excluding hydrogens is 210 g/mol. The summed E-state index contributed by atoms with van der Waals surface area (Å²) in [7, 11) is 3.81. The molecule has 0 aliphatic rings. The van der Waals surface area contributed by atoms with E-state index in [-0.39, 0.29) is 0 Å². The van der Waals surface area contributed by atoms with Gasteiger partial charge in [0.05, 0.1) is 0 Å². The molecule has 1 aromatic rings. The van der Waals surface area contributed by atoms with Crippen molar-refractivity contribution < 1.29 is 4.74 Å². The monoisotopic (exact) mass is 235 g/mol. The minimum atomic E-state index is 0.473. The standard InChI is InChI=1S/C15H25NO/c1-13(11-12-17-3)9-10-15(16-2)14-7-5-4-6-8-14/h4-8,13,15-16H,9-12H2,1-3H3. The van der Waals surface area contributed by atoms with Gasteiger partial charge in [0.1, 0.15) is 0 Å². The fourth-order valence-corrected chi connectivity index (χ4v) is 2.08. The van der Waals surface area contributed by atoms with E-state index < -0.39 is 0 Å². The Balaban J connectivity index is 2.38. The molecule has 0 heterocycles. The SMILES string of the molecule is CNC(CCC(C)CCOC)c1ccccc1. The zero-order valence-corrected chi connectivity index (χ0v) is 11.3. The fourth-order valence-electron chi connectivity index (χ4n) is 2.08. The van der Waals surface area contributed by atoms with Gasteiger partial charge < -0.3 is 10.1 Å². The van der Waals surface area contributed by atoms with E-state index in [0.717, 1.165) is 18.9 Å². The second-order valence-electron chi connectivity index (χ2n) is 4.72. The van der Waals surface area contributed by atoms with Gasteiger partial charge in [-0.2, -0.15) is 0 Å². The third kappa shape index (κ3) is 5.33. The van der Waals surface area contributed by atoms with Gasteiger partial charge in [0, 0.05) is 19.8 Å². The van der Waals surface area contributed by atoms with Crippen LogP contribution in [0.25, 0.3) is 0 Å². The summed E-state index contributed by atoms with van der Waals surface area (Å²) in [5.74, 6) is 0.731. The molecule has 2 unspecified atom stereocenters. The van der Waals surface area contributed by atoms with Crippen molar-refractivity contribution in [3.8, 4) is 0 Å². The van der Waals surface area contributed by atoms with Crippen LogP contribution >= 0.6 is 0 Å². The minimum absolute atomic E-state index is 0.473. The Morgan fingerprint density at radius 3 is 2.41 bits per heavy atom. The van der Waals surface area contributed by atoms with Crippen molar-refractivity contribution >= 4 is 0 Å². The second-order valence-corrected chi connectivity index (χ2v) is 4.72. The van der Waals surface area contributed by atoms with Crippen molar-refractivity contribution in [3.63, 3.8) is 0 Å². The van der Waals surface area contributed by atoms with Gasteiger partial charge in [0.15, 0.2) is 0 Å². The highest BCUT2D eigenvalue weighted by molar-refractivity contribution is 5.18. The molecule has 0 saturated carbocycles. The Hall–Kier alpha value is -0.860. The van der Waals surface area contributed by atoms with Crippen LogP contribution in [0.3, 0.4) is 0 Å². The second kappa shape index (κ2) is 8.26. The van der Waals surface area contributed by atoms with Crippen LogP contribution in [-0.2, 0) is 4.74 Å².